The molecule has 0 fully saturated rings. The van der Waals surface area contributed by atoms with Gasteiger partial charge in [-0.05, 0) is 25.1 Å². The Morgan fingerprint density at radius 2 is 2.28 bits per heavy atom. The second-order valence-electron chi connectivity index (χ2n) is 3.84. The van der Waals surface area contributed by atoms with Gasteiger partial charge in [0.2, 0.25) is 5.91 Å². The molecule has 5 nitrogen and oxygen atoms in total. The third kappa shape index (κ3) is 2.63. The molecule has 1 aromatic heterocycles. The molecule has 0 aliphatic heterocycles. The van der Waals surface area contributed by atoms with Crippen LogP contribution in [0.4, 0.5) is 5.69 Å². The van der Waals surface area contributed by atoms with Gasteiger partial charge in [0.1, 0.15) is 6.33 Å². The summed E-state index contributed by atoms with van der Waals surface area (Å²) in [6.45, 7) is 1.80. The fourth-order valence-corrected chi connectivity index (χ4v) is 1.62. The average molecular weight is 242 g/mol. The number of benzene rings is 1. The first-order chi connectivity index (χ1) is 8.70. The second-order valence-corrected chi connectivity index (χ2v) is 3.84. The van der Waals surface area contributed by atoms with Gasteiger partial charge >= 0.3 is 0 Å². The van der Waals surface area contributed by atoms with Crippen LogP contribution in [-0.4, -0.2) is 20.7 Å². The van der Waals surface area contributed by atoms with Crippen molar-refractivity contribution in [2.45, 2.75) is 6.92 Å². The standard InChI is InChI=1S/C13H14N4O/c1-3-5-12(18)15-11-7-4-6-10(8-11)13-16-14-9-17(13)2/h3-9H,1-2H3,(H,15,18). The summed E-state index contributed by atoms with van der Waals surface area (Å²) < 4.78 is 1.83. The molecule has 2 aromatic rings. The van der Waals surface area contributed by atoms with E-state index in [1.54, 1.807) is 19.3 Å². The Labute approximate surface area is 105 Å². The van der Waals surface area contributed by atoms with E-state index in [0.717, 1.165) is 17.1 Å². The van der Waals surface area contributed by atoms with Gasteiger partial charge in [-0.1, -0.05) is 18.2 Å². The van der Waals surface area contributed by atoms with Gasteiger partial charge in [-0.15, -0.1) is 10.2 Å². The number of nitrogens with one attached hydrogen (secondary N) is 1. The Kier molecular flexibility index (Phi) is 3.52. The van der Waals surface area contributed by atoms with E-state index in [0.29, 0.717) is 0 Å². The van der Waals surface area contributed by atoms with Crippen LogP contribution in [0.3, 0.4) is 0 Å². The van der Waals surface area contributed by atoms with Gasteiger partial charge in [0.15, 0.2) is 5.82 Å². The van der Waals surface area contributed by atoms with Crippen molar-refractivity contribution in [3.8, 4) is 11.4 Å². The van der Waals surface area contributed by atoms with Crippen molar-refractivity contribution in [2.24, 2.45) is 7.05 Å². The van der Waals surface area contributed by atoms with Crippen LogP contribution in [0, 0.1) is 0 Å². The number of aryl methyl sites for hydroxylation is 1. The van der Waals surface area contributed by atoms with Crippen LogP contribution in [0.2, 0.25) is 0 Å². The minimum Gasteiger partial charge on any atom is -0.322 e. The Balaban J connectivity index is 2.26. The zero-order chi connectivity index (χ0) is 13.0. The number of anilines is 1. The molecule has 1 amide bonds. The van der Waals surface area contributed by atoms with Crippen LogP contribution in [0.25, 0.3) is 11.4 Å². The molecule has 0 spiro atoms. The fourth-order valence-electron chi connectivity index (χ4n) is 1.62. The van der Waals surface area contributed by atoms with Crippen molar-refractivity contribution in [1.82, 2.24) is 14.8 Å². The SMILES string of the molecule is CC=CC(=O)Nc1cccc(-c2nncn2C)c1. The maximum Gasteiger partial charge on any atom is 0.248 e. The van der Waals surface area contributed by atoms with E-state index in [4.69, 9.17) is 0 Å². The quantitative estimate of drug-likeness (QED) is 0.837. The molecule has 2 rings (SSSR count). The number of carbonyl (C=O) groups is 1. The van der Waals surface area contributed by atoms with Crippen LogP contribution in [0.5, 0.6) is 0 Å². The minimum absolute atomic E-state index is 0.146. The van der Waals surface area contributed by atoms with E-state index in [1.165, 1.54) is 6.08 Å². The van der Waals surface area contributed by atoms with E-state index in [-0.39, 0.29) is 5.91 Å². The molecule has 5 heteroatoms. The Hall–Kier alpha value is -2.43. The number of hydrogen-bond donors (Lipinski definition) is 1. The van der Waals surface area contributed by atoms with Crippen molar-refractivity contribution in [1.29, 1.82) is 0 Å². The van der Waals surface area contributed by atoms with Gasteiger partial charge < -0.3 is 9.88 Å². The van der Waals surface area contributed by atoms with Gasteiger partial charge in [-0.2, -0.15) is 0 Å². The first kappa shape index (κ1) is 12.0. The van der Waals surface area contributed by atoms with E-state index >= 15 is 0 Å². The van der Waals surface area contributed by atoms with Crippen molar-refractivity contribution in [2.75, 3.05) is 5.32 Å². The van der Waals surface area contributed by atoms with Crippen LogP contribution in [0.1, 0.15) is 6.92 Å². The van der Waals surface area contributed by atoms with Crippen LogP contribution >= 0.6 is 0 Å². The number of hydrogen-bond acceptors (Lipinski definition) is 3. The summed E-state index contributed by atoms with van der Waals surface area (Å²) in [5.74, 6) is 0.616. The largest absolute Gasteiger partial charge is 0.322 e. The highest BCUT2D eigenvalue weighted by atomic mass is 16.1. The molecular weight excluding hydrogens is 228 g/mol. The third-order valence-electron chi connectivity index (χ3n) is 2.42. The lowest BCUT2D eigenvalue weighted by molar-refractivity contribution is -0.111. The molecule has 0 saturated heterocycles. The van der Waals surface area contributed by atoms with E-state index < -0.39 is 0 Å². The molecule has 0 atom stereocenters. The summed E-state index contributed by atoms with van der Waals surface area (Å²) in [4.78, 5) is 11.4. The van der Waals surface area contributed by atoms with Crippen molar-refractivity contribution < 1.29 is 4.79 Å². The average Bonchev–Trinajstić information content (AvgIpc) is 2.76. The number of amides is 1. The van der Waals surface area contributed by atoms with Crippen molar-refractivity contribution in [3.05, 3.63) is 42.7 Å². The molecule has 0 aliphatic carbocycles. The molecule has 0 unspecified atom stereocenters. The highest BCUT2D eigenvalue weighted by Gasteiger charge is 2.05. The van der Waals surface area contributed by atoms with E-state index in [9.17, 15) is 4.79 Å². The zero-order valence-electron chi connectivity index (χ0n) is 10.3. The molecule has 0 aliphatic rings. The monoisotopic (exact) mass is 242 g/mol. The molecule has 1 N–H and O–H groups in total. The highest BCUT2D eigenvalue weighted by molar-refractivity contribution is 5.99. The van der Waals surface area contributed by atoms with Gasteiger partial charge in [0, 0.05) is 18.3 Å². The van der Waals surface area contributed by atoms with E-state index in [2.05, 4.69) is 15.5 Å². The summed E-state index contributed by atoms with van der Waals surface area (Å²) in [6.07, 6.45) is 4.82. The number of rotatable bonds is 3. The number of allylic oxidation sites excluding steroid dienone is 1. The predicted octanol–water partition coefficient (Wildman–Crippen LogP) is 2.00. The zero-order valence-corrected chi connectivity index (χ0v) is 10.3. The van der Waals surface area contributed by atoms with Gasteiger partial charge in [0.05, 0.1) is 0 Å². The molecule has 0 radical (unpaired) electrons. The number of aromatic nitrogens is 3. The lowest BCUT2D eigenvalue weighted by Crippen LogP contribution is -2.07. The molecule has 0 saturated carbocycles. The van der Waals surface area contributed by atoms with Crippen LogP contribution < -0.4 is 5.32 Å². The molecule has 18 heavy (non-hydrogen) atoms. The summed E-state index contributed by atoms with van der Waals surface area (Å²) in [5, 5.41) is 10.6. The van der Waals surface area contributed by atoms with Crippen molar-refractivity contribution in [3.63, 3.8) is 0 Å². The Bertz CT molecular complexity index is 586. The number of carbonyl (C=O) groups excluding carboxylic acids is 1. The van der Waals surface area contributed by atoms with Gasteiger partial charge in [-0.25, -0.2) is 0 Å². The Morgan fingerprint density at radius 3 is 2.94 bits per heavy atom. The summed E-state index contributed by atoms with van der Waals surface area (Å²) in [6, 6.07) is 7.50. The van der Waals surface area contributed by atoms with Crippen molar-refractivity contribution >= 4 is 11.6 Å². The van der Waals surface area contributed by atoms with Crippen LogP contribution in [0.15, 0.2) is 42.7 Å². The van der Waals surface area contributed by atoms with Gasteiger partial charge in [-0.3, -0.25) is 4.79 Å². The summed E-state index contributed by atoms with van der Waals surface area (Å²) in [7, 11) is 1.88. The molecule has 0 bridgehead atoms. The lowest BCUT2D eigenvalue weighted by Gasteiger charge is -2.05. The molecule has 1 heterocycles. The van der Waals surface area contributed by atoms with E-state index in [1.807, 2.05) is 35.9 Å². The molecular formula is C13H14N4O. The lowest BCUT2D eigenvalue weighted by atomic mass is 10.2. The topological polar surface area (TPSA) is 59.8 Å². The Morgan fingerprint density at radius 1 is 1.44 bits per heavy atom. The van der Waals surface area contributed by atoms with Gasteiger partial charge in [0.25, 0.3) is 0 Å². The predicted molar refractivity (Wildman–Crippen MR) is 69.9 cm³/mol. The van der Waals surface area contributed by atoms with Crippen LogP contribution in [-0.2, 0) is 11.8 Å². The third-order valence-corrected chi connectivity index (χ3v) is 2.42. The smallest absolute Gasteiger partial charge is 0.248 e. The number of nitrogens with zero attached hydrogens (tertiary/aromatic N) is 3. The second kappa shape index (κ2) is 5.27. The minimum atomic E-state index is -0.146. The fraction of sp³-hybridized carbons (Fsp3) is 0.154. The molecule has 1 aromatic carbocycles. The first-order valence-corrected chi connectivity index (χ1v) is 5.59. The maximum absolute atomic E-state index is 11.4. The summed E-state index contributed by atoms with van der Waals surface area (Å²) in [5.41, 5.74) is 1.65. The maximum atomic E-state index is 11.4. The normalized spacial score (nSPS) is 10.8. The molecule has 92 valence electrons. The highest BCUT2D eigenvalue weighted by Crippen LogP contribution is 2.19. The summed E-state index contributed by atoms with van der Waals surface area (Å²) >= 11 is 0. The first-order valence-electron chi connectivity index (χ1n) is 5.59.